The van der Waals surface area contributed by atoms with Crippen LogP contribution in [-0.4, -0.2) is 36.8 Å². The number of carbonyl (C=O) groups is 2. The van der Waals surface area contributed by atoms with Crippen molar-refractivity contribution in [2.45, 2.75) is 45.7 Å². The summed E-state index contributed by atoms with van der Waals surface area (Å²) in [6.07, 6.45) is 3.83. The normalized spacial score (nSPS) is 17.1. The number of piperidine rings is 1. The van der Waals surface area contributed by atoms with Gasteiger partial charge < -0.3 is 10.1 Å². The Kier molecular flexibility index (Phi) is 7.83. The highest BCUT2D eigenvalue weighted by Crippen LogP contribution is 2.24. The Labute approximate surface area is 177 Å². The molecule has 29 heavy (non-hydrogen) atoms. The molecule has 1 atom stereocenters. The molecule has 1 N–H and O–H groups in total. The molecule has 6 heteroatoms. The van der Waals surface area contributed by atoms with Crippen LogP contribution in [0.2, 0.25) is 0 Å². The number of rotatable bonds is 9. The van der Waals surface area contributed by atoms with Gasteiger partial charge in [0, 0.05) is 26.1 Å². The van der Waals surface area contributed by atoms with Gasteiger partial charge in [-0.05, 0) is 73.4 Å². The predicted molar refractivity (Wildman–Crippen MR) is 116 cm³/mol. The van der Waals surface area contributed by atoms with Crippen LogP contribution in [0.5, 0.6) is 5.75 Å². The van der Waals surface area contributed by atoms with Crippen LogP contribution in [0.15, 0.2) is 35.7 Å². The van der Waals surface area contributed by atoms with Crippen molar-refractivity contribution in [2.75, 3.05) is 20.2 Å². The van der Waals surface area contributed by atoms with Crippen molar-refractivity contribution < 1.29 is 14.3 Å². The summed E-state index contributed by atoms with van der Waals surface area (Å²) < 4.78 is 5.22. The lowest BCUT2D eigenvalue weighted by molar-refractivity contribution is -0.121. The average Bonchev–Trinajstić information content (AvgIpc) is 3.20. The number of nitrogens with one attached hydrogen (secondary N) is 1. The second-order valence-corrected chi connectivity index (χ2v) is 8.70. The number of ether oxygens (including phenoxy) is 1. The van der Waals surface area contributed by atoms with E-state index in [9.17, 15) is 9.59 Å². The Hall–Kier alpha value is -2.18. The number of likely N-dealkylation sites (tertiary alicyclic amines) is 1. The second kappa shape index (κ2) is 10.6. The molecule has 0 bridgehead atoms. The molecule has 2 aromatic rings. The zero-order valence-electron chi connectivity index (χ0n) is 17.3. The molecule has 1 aliphatic heterocycles. The number of amides is 1. The van der Waals surface area contributed by atoms with Crippen molar-refractivity contribution in [3.05, 3.63) is 51.7 Å². The molecule has 1 fully saturated rings. The maximum absolute atomic E-state index is 12.3. The van der Waals surface area contributed by atoms with Crippen molar-refractivity contribution in [1.82, 2.24) is 10.2 Å². The van der Waals surface area contributed by atoms with Crippen molar-refractivity contribution in [1.29, 1.82) is 0 Å². The van der Waals surface area contributed by atoms with Gasteiger partial charge in [-0.15, -0.1) is 11.3 Å². The summed E-state index contributed by atoms with van der Waals surface area (Å²) in [5, 5.41) is 5.11. The van der Waals surface area contributed by atoms with Gasteiger partial charge in [0.2, 0.25) is 5.91 Å². The monoisotopic (exact) mass is 414 g/mol. The number of carbonyl (C=O) groups excluding carboxylic acids is 2. The summed E-state index contributed by atoms with van der Waals surface area (Å²) in [4.78, 5) is 27.0. The van der Waals surface area contributed by atoms with E-state index in [4.69, 9.17) is 4.74 Å². The summed E-state index contributed by atoms with van der Waals surface area (Å²) >= 11 is 1.53. The van der Waals surface area contributed by atoms with Gasteiger partial charge in [-0.25, -0.2) is 0 Å². The maximum Gasteiger partial charge on any atom is 0.220 e. The zero-order valence-corrected chi connectivity index (χ0v) is 18.1. The fraction of sp³-hybridized carbons (Fsp3) is 0.478. The molecule has 1 aliphatic rings. The van der Waals surface area contributed by atoms with Gasteiger partial charge in [-0.3, -0.25) is 14.5 Å². The van der Waals surface area contributed by atoms with E-state index in [2.05, 4.69) is 15.6 Å². The number of Topliss-reactive ketones (excluding diaryl/α,β-unsaturated/α-hetero) is 1. The lowest BCUT2D eigenvalue weighted by Crippen LogP contribution is -2.35. The van der Waals surface area contributed by atoms with Crippen LogP contribution in [0.4, 0.5) is 0 Å². The molecule has 2 heterocycles. The van der Waals surface area contributed by atoms with Crippen LogP contribution in [0.1, 0.15) is 53.4 Å². The van der Waals surface area contributed by atoms with E-state index >= 15 is 0 Å². The molecule has 1 unspecified atom stereocenters. The third kappa shape index (κ3) is 6.68. The molecule has 0 saturated carbocycles. The van der Waals surface area contributed by atoms with Crippen LogP contribution in [0.25, 0.3) is 0 Å². The topological polar surface area (TPSA) is 58.6 Å². The summed E-state index contributed by atoms with van der Waals surface area (Å²) in [5.74, 6) is 1.60. The van der Waals surface area contributed by atoms with Gasteiger partial charge in [-0.2, -0.15) is 0 Å². The molecule has 1 aromatic carbocycles. The third-order valence-electron chi connectivity index (χ3n) is 5.41. The molecule has 1 aromatic heterocycles. The van der Waals surface area contributed by atoms with Gasteiger partial charge >= 0.3 is 0 Å². The fourth-order valence-electron chi connectivity index (χ4n) is 3.84. The lowest BCUT2D eigenvalue weighted by atomic mass is 9.93. The van der Waals surface area contributed by atoms with Gasteiger partial charge in [0.15, 0.2) is 5.78 Å². The van der Waals surface area contributed by atoms with E-state index < -0.39 is 0 Å². The maximum atomic E-state index is 12.3. The van der Waals surface area contributed by atoms with Crippen LogP contribution in [0, 0.1) is 5.92 Å². The molecule has 1 saturated heterocycles. The van der Waals surface area contributed by atoms with Gasteiger partial charge in [0.25, 0.3) is 0 Å². The first-order valence-electron chi connectivity index (χ1n) is 10.2. The summed E-state index contributed by atoms with van der Waals surface area (Å²) in [6, 6.07) is 9.79. The number of methoxy groups -OCH3 is 1. The number of benzene rings is 1. The summed E-state index contributed by atoms with van der Waals surface area (Å²) in [6.45, 7) is 5.15. The van der Waals surface area contributed by atoms with Gasteiger partial charge in [-0.1, -0.05) is 12.1 Å². The first kappa shape index (κ1) is 21.5. The molecule has 156 valence electrons. The van der Waals surface area contributed by atoms with E-state index in [1.54, 1.807) is 14.0 Å². The van der Waals surface area contributed by atoms with Gasteiger partial charge in [0.05, 0.1) is 12.0 Å². The van der Waals surface area contributed by atoms with Crippen LogP contribution >= 0.6 is 11.3 Å². The first-order chi connectivity index (χ1) is 14.0. The van der Waals surface area contributed by atoms with Gasteiger partial charge in [0.1, 0.15) is 5.75 Å². The highest BCUT2D eigenvalue weighted by Gasteiger charge is 2.21. The molecular weight excluding hydrogens is 384 g/mol. The molecule has 0 radical (unpaired) electrons. The van der Waals surface area contributed by atoms with E-state index in [1.807, 2.05) is 30.3 Å². The Bertz CT molecular complexity index is 833. The third-order valence-corrected chi connectivity index (χ3v) is 6.49. The minimum atomic E-state index is 0.105. The average molecular weight is 415 g/mol. The van der Waals surface area contributed by atoms with E-state index in [-0.39, 0.29) is 11.7 Å². The minimum Gasteiger partial charge on any atom is -0.497 e. The molecule has 0 spiro atoms. The number of hydrogen-bond donors (Lipinski definition) is 1. The highest BCUT2D eigenvalue weighted by molar-refractivity contribution is 7.12. The Balaban J connectivity index is 1.40. The Morgan fingerprint density at radius 1 is 1.28 bits per heavy atom. The van der Waals surface area contributed by atoms with E-state index in [0.29, 0.717) is 18.9 Å². The van der Waals surface area contributed by atoms with Crippen molar-refractivity contribution in [3.63, 3.8) is 0 Å². The number of ketones is 1. The number of nitrogens with zero attached hydrogens (tertiary/aromatic N) is 1. The zero-order chi connectivity index (χ0) is 20.6. The van der Waals surface area contributed by atoms with E-state index in [0.717, 1.165) is 42.2 Å². The van der Waals surface area contributed by atoms with E-state index in [1.165, 1.54) is 29.7 Å². The van der Waals surface area contributed by atoms with Crippen LogP contribution in [-0.2, 0) is 17.9 Å². The summed E-state index contributed by atoms with van der Waals surface area (Å²) in [5.41, 5.74) is 2.26. The lowest BCUT2D eigenvalue weighted by Gasteiger charge is -2.32. The quantitative estimate of drug-likeness (QED) is 0.623. The Morgan fingerprint density at radius 2 is 2.14 bits per heavy atom. The van der Waals surface area contributed by atoms with Crippen molar-refractivity contribution >= 4 is 23.0 Å². The SMILES string of the molecule is COc1cccc(CNC(=O)CCC2CCCN(Cc3csc(C(C)=O)c3)C2)c1. The van der Waals surface area contributed by atoms with Crippen molar-refractivity contribution in [3.8, 4) is 5.75 Å². The fourth-order valence-corrected chi connectivity index (χ4v) is 4.64. The number of thiophene rings is 1. The molecule has 1 amide bonds. The molecular formula is C23H30N2O3S. The molecule has 3 rings (SSSR count). The predicted octanol–water partition coefficient (Wildman–Crippen LogP) is 4.27. The number of hydrogen-bond acceptors (Lipinski definition) is 5. The standard InChI is InChI=1S/C23H30N2O3S/c1-17(26)22-12-20(16-29-22)15-25-10-4-6-18(14-25)8-9-23(27)24-13-19-5-3-7-21(11-19)28-2/h3,5,7,11-12,16,18H,4,6,8-10,13-15H2,1-2H3,(H,24,27). The molecule has 5 nitrogen and oxygen atoms in total. The van der Waals surface area contributed by atoms with Crippen LogP contribution in [0.3, 0.4) is 0 Å². The largest absolute Gasteiger partial charge is 0.497 e. The van der Waals surface area contributed by atoms with Crippen molar-refractivity contribution in [2.24, 2.45) is 5.92 Å². The van der Waals surface area contributed by atoms with Crippen LogP contribution < -0.4 is 10.1 Å². The first-order valence-corrected chi connectivity index (χ1v) is 11.1. The molecule has 0 aliphatic carbocycles. The highest BCUT2D eigenvalue weighted by atomic mass is 32.1. The minimum absolute atomic E-state index is 0.105. The second-order valence-electron chi connectivity index (χ2n) is 7.79. The Morgan fingerprint density at radius 3 is 2.90 bits per heavy atom. The smallest absolute Gasteiger partial charge is 0.220 e. The summed E-state index contributed by atoms with van der Waals surface area (Å²) in [7, 11) is 1.64.